The predicted molar refractivity (Wildman–Crippen MR) is 139 cm³/mol. The number of anilines is 1. The van der Waals surface area contributed by atoms with Crippen molar-refractivity contribution in [2.75, 3.05) is 10.8 Å². The van der Waals surface area contributed by atoms with Crippen molar-refractivity contribution in [2.24, 2.45) is 7.05 Å². The lowest BCUT2D eigenvalue weighted by Gasteiger charge is -2.27. The molecule has 1 amide bonds. The molecule has 0 unspecified atom stereocenters. The number of hydrogen-bond donors (Lipinski definition) is 1. The van der Waals surface area contributed by atoms with Crippen LogP contribution >= 0.6 is 0 Å². The number of aryl methyl sites for hydroxylation is 3. The highest BCUT2D eigenvalue weighted by molar-refractivity contribution is 7.93. The van der Waals surface area contributed by atoms with Crippen LogP contribution in [0.1, 0.15) is 43.2 Å². The summed E-state index contributed by atoms with van der Waals surface area (Å²) in [6.45, 7) is 11.9. The number of carbonyl (C=O) groups is 1. The molecule has 9 heteroatoms. The summed E-state index contributed by atoms with van der Waals surface area (Å²) in [7, 11) is -2.58. The Labute approximate surface area is 207 Å². The Morgan fingerprint density at radius 1 is 1.00 bits per heavy atom. The fraction of sp³-hybridized carbons (Fsp3) is 0.385. The van der Waals surface area contributed by atoms with E-state index in [1.807, 2.05) is 33.8 Å². The molecular weight excluding hydrogens is 464 g/mol. The largest absolute Gasteiger partial charge is 0.350 e. The van der Waals surface area contributed by atoms with Gasteiger partial charge in [-0.05, 0) is 71.7 Å². The molecule has 3 rings (SSSR count). The van der Waals surface area contributed by atoms with Crippen LogP contribution in [0.15, 0.2) is 52.2 Å². The molecule has 0 bridgehead atoms. The van der Waals surface area contributed by atoms with E-state index in [9.17, 15) is 18.0 Å². The van der Waals surface area contributed by atoms with E-state index in [2.05, 4.69) is 5.32 Å². The summed E-state index contributed by atoms with van der Waals surface area (Å²) < 4.78 is 32.2. The summed E-state index contributed by atoms with van der Waals surface area (Å²) in [5, 5.41) is 2.81. The van der Waals surface area contributed by atoms with E-state index in [4.69, 9.17) is 0 Å². The second-order valence-corrected chi connectivity index (χ2v) is 11.7. The minimum atomic E-state index is -4.27. The number of carbonyl (C=O) groups excluding carboxylic acids is 1. The Bertz CT molecular complexity index is 1410. The first-order valence-corrected chi connectivity index (χ1v) is 12.8. The first kappa shape index (κ1) is 26.3. The van der Waals surface area contributed by atoms with Crippen LogP contribution in [-0.2, 0) is 21.9 Å². The topological polar surface area (TPSA) is 93.4 Å². The third-order valence-electron chi connectivity index (χ3n) is 5.73. The summed E-state index contributed by atoms with van der Waals surface area (Å²) in [6, 6.07) is 12.5. The van der Waals surface area contributed by atoms with E-state index in [0.29, 0.717) is 22.5 Å². The lowest BCUT2D eigenvalue weighted by Crippen LogP contribution is -2.48. The number of nitrogens with one attached hydrogen (secondary N) is 1. The van der Waals surface area contributed by atoms with Crippen molar-refractivity contribution in [3.05, 3.63) is 75.2 Å². The smallest absolute Gasteiger partial charge is 0.296 e. The van der Waals surface area contributed by atoms with Crippen LogP contribution in [0.5, 0.6) is 0 Å². The number of hydrogen-bond acceptors (Lipinski definition) is 4. The van der Waals surface area contributed by atoms with Crippen molar-refractivity contribution in [3.63, 3.8) is 0 Å². The monoisotopic (exact) mass is 498 g/mol. The van der Waals surface area contributed by atoms with Crippen LogP contribution in [0.25, 0.3) is 5.69 Å². The molecule has 0 spiro atoms. The summed E-state index contributed by atoms with van der Waals surface area (Å²) >= 11 is 0. The van der Waals surface area contributed by atoms with E-state index in [1.54, 1.807) is 68.9 Å². The Hall–Kier alpha value is -3.33. The summed E-state index contributed by atoms with van der Waals surface area (Å²) in [4.78, 5) is 26.8. The van der Waals surface area contributed by atoms with Crippen LogP contribution in [0, 0.1) is 27.7 Å². The summed E-state index contributed by atoms with van der Waals surface area (Å²) in [5.74, 6) is -0.502. The minimum Gasteiger partial charge on any atom is -0.350 e. The second kappa shape index (κ2) is 9.37. The Kier molecular flexibility index (Phi) is 7.04. The van der Waals surface area contributed by atoms with Gasteiger partial charge in [0.1, 0.15) is 12.2 Å². The number of amides is 1. The fourth-order valence-electron chi connectivity index (χ4n) is 4.40. The van der Waals surface area contributed by atoms with Crippen LogP contribution in [0.4, 0.5) is 5.69 Å². The zero-order valence-corrected chi connectivity index (χ0v) is 22.4. The van der Waals surface area contributed by atoms with Gasteiger partial charge in [0.05, 0.1) is 16.3 Å². The standard InChI is InChI=1S/C26H34N4O4S/c1-17-14-18(2)24(19(3)15-17)35(33,34)29(16-22(31)27-26(5,6)7)23-20(4)28(8)30(25(23)32)21-12-10-9-11-13-21/h9-15H,16H2,1-8H3,(H,27,31). The average Bonchev–Trinajstić information content (AvgIpc) is 2.93. The molecule has 8 nitrogen and oxygen atoms in total. The van der Waals surface area contributed by atoms with Gasteiger partial charge >= 0.3 is 0 Å². The molecule has 0 radical (unpaired) electrons. The lowest BCUT2D eigenvalue weighted by molar-refractivity contribution is -0.121. The molecule has 0 fully saturated rings. The van der Waals surface area contributed by atoms with Gasteiger partial charge < -0.3 is 5.32 Å². The maximum absolute atomic E-state index is 14.1. The number of rotatable bonds is 6. The van der Waals surface area contributed by atoms with Gasteiger partial charge in [-0.3, -0.25) is 14.3 Å². The predicted octanol–water partition coefficient (Wildman–Crippen LogP) is 3.52. The van der Waals surface area contributed by atoms with Crippen LogP contribution in [0.2, 0.25) is 0 Å². The molecule has 1 aromatic heterocycles. The Morgan fingerprint density at radius 3 is 2.06 bits per heavy atom. The molecule has 3 aromatic rings. The maximum Gasteiger partial charge on any atom is 0.296 e. The number of para-hydroxylation sites is 1. The van der Waals surface area contributed by atoms with Crippen molar-refractivity contribution in [3.8, 4) is 5.69 Å². The van der Waals surface area contributed by atoms with Gasteiger partial charge in [-0.25, -0.2) is 17.4 Å². The third-order valence-corrected chi connectivity index (χ3v) is 7.78. The first-order valence-electron chi connectivity index (χ1n) is 11.4. The number of sulfonamides is 1. The summed E-state index contributed by atoms with van der Waals surface area (Å²) in [6.07, 6.45) is 0. The van der Waals surface area contributed by atoms with E-state index >= 15 is 0 Å². The van der Waals surface area contributed by atoms with Gasteiger partial charge in [-0.2, -0.15) is 0 Å². The highest BCUT2D eigenvalue weighted by Crippen LogP contribution is 2.30. The normalized spacial score (nSPS) is 12.0. The van der Waals surface area contributed by atoms with E-state index in [0.717, 1.165) is 9.87 Å². The molecule has 0 saturated heterocycles. The molecule has 0 saturated carbocycles. The average molecular weight is 499 g/mol. The van der Waals surface area contributed by atoms with Crippen molar-refractivity contribution in [1.82, 2.24) is 14.7 Å². The van der Waals surface area contributed by atoms with Gasteiger partial charge in [0, 0.05) is 12.6 Å². The van der Waals surface area contributed by atoms with Crippen molar-refractivity contribution < 1.29 is 13.2 Å². The summed E-state index contributed by atoms with van der Waals surface area (Å²) in [5.41, 5.74) is 1.91. The van der Waals surface area contributed by atoms with Gasteiger partial charge in [0.25, 0.3) is 15.6 Å². The Morgan fingerprint density at radius 2 is 1.54 bits per heavy atom. The second-order valence-electron chi connectivity index (χ2n) is 9.95. The number of nitrogens with zero attached hydrogens (tertiary/aromatic N) is 3. The van der Waals surface area contributed by atoms with E-state index < -0.39 is 33.6 Å². The SMILES string of the molecule is Cc1cc(C)c(S(=O)(=O)N(CC(=O)NC(C)(C)C)c2c(C)n(C)n(-c3ccccc3)c2=O)c(C)c1. The zero-order chi connectivity index (χ0) is 26.3. The van der Waals surface area contributed by atoms with E-state index in [-0.39, 0.29) is 10.6 Å². The minimum absolute atomic E-state index is 0.0558. The zero-order valence-electron chi connectivity index (χ0n) is 21.6. The van der Waals surface area contributed by atoms with Gasteiger partial charge in [0.2, 0.25) is 5.91 Å². The van der Waals surface area contributed by atoms with E-state index in [1.165, 1.54) is 4.68 Å². The molecule has 1 N–H and O–H groups in total. The molecule has 1 heterocycles. The van der Waals surface area contributed by atoms with Gasteiger partial charge in [0.15, 0.2) is 0 Å². The van der Waals surface area contributed by atoms with Crippen molar-refractivity contribution in [1.29, 1.82) is 0 Å². The number of aromatic nitrogens is 2. The molecule has 0 aliphatic rings. The van der Waals surface area contributed by atoms with Crippen LogP contribution in [0.3, 0.4) is 0 Å². The third kappa shape index (κ3) is 5.19. The molecular formula is C26H34N4O4S. The molecule has 0 atom stereocenters. The van der Waals surface area contributed by atoms with Crippen molar-refractivity contribution in [2.45, 2.75) is 58.9 Å². The number of benzene rings is 2. The van der Waals surface area contributed by atoms with Crippen LogP contribution < -0.4 is 15.2 Å². The van der Waals surface area contributed by atoms with Gasteiger partial charge in [-0.1, -0.05) is 35.9 Å². The highest BCUT2D eigenvalue weighted by Gasteiger charge is 2.35. The highest BCUT2D eigenvalue weighted by atomic mass is 32.2. The van der Waals surface area contributed by atoms with Crippen molar-refractivity contribution >= 4 is 21.6 Å². The molecule has 0 aliphatic carbocycles. The van der Waals surface area contributed by atoms with Gasteiger partial charge in [-0.15, -0.1) is 0 Å². The molecule has 188 valence electrons. The molecule has 35 heavy (non-hydrogen) atoms. The Balaban J connectivity index is 2.29. The first-order chi connectivity index (χ1) is 16.1. The maximum atomic E-state index is 14.1. The molecule has 0 aliphatic heterocycles. The fourth-order valence-corrected chi connectivity index (χ4v) is 6.29. The molecule has 2 aromatic carbocycles. The lowest BCUT2D eigenvalue weighted by atomic mass is 10.1. The quantitative estimate of drug-likeness (QED) is 0.563. The van der Waals surface area contributed by atoms with Crippen LogP contribution in [-0.4, -0.2) is 35.8 Å².